The van der Waals surface area contributed by atoms with Gasteiger partial charge in [0.15, 0.2) is 5.13 Å². The van der Waals surface area contributed by atoms with E-state index in [1.807, 2.05) is 7.05 Å². The van der Waals surface area contributed by atoms with E-state index >= 15 is 0 Å². The van der Waals surface area contributed by atoms with Gasteiger partial charge in [0.05, 0.1) is 5.69 Å². The maximum atomic E-state index is 4.53. The molecule has 1 N–H and O–H groups in total. The molecule has 2 rings (SSSR count). The molecule has 0 radical (unpaired) electrons. The summed E-state index contributed by atoms with van der Waals surface area (Å²) in [5.74, 6) is 0. The number of rotatable bonds is 6. The summed E-state index contributed by atoms with van der Waals surface area (Å²) in [6, 6.07) is 0.761. The zero-order valence-corrected chi connectivity index (χ0v) is 13.2. The van der Waals surface area contributed by atoms with Crippen LogP contribution in [0.3, 0.4) is 0 Å². The van der Waals surface area contributed by atoms with E-state index in [2.05, 4.69) is 39.5 Å². The predicted molar refractivity (Wildman–Crippen MR) is 82.9 cm³/mol. The van der Waals surface area contributed by atoms with Crippen LogP contribution in [-0.2, 0) is 6.54 Å². The number of likely N-dealkylation sites (N-methyl/N-ethyl adjacent to an activating group) is 1. The summed E-state index contributed by atoms with van der Waals surface area (Å²) in [5.41, 5.74) is 1.17. The Hall–Kier alpha value is -0.650. The Morgan fingerprint density at radius 2 is 2.37 bits per heavy atom. The Morgan fingerprint density at radius 3 is 3.05 bits per heavy atom. The van der Waals surface area contributed by atoms with Gasteiger partial charge in [-0.1, -0.05) is 6.42 Å². The van der Waals surface area contributed by atoms with Crippen LogP contribution in [0.1, 0.15) is 31.9 Å². The molecule has 0 aliphatic carbocycles. The van der Waals surface area contributed by atoms with E-state index in [1.54, 1.807) is 11.3 Å². The molecule has 0 aromatic carbocycles. The van der Waals surface area contributed by atoms with Crippen molar-refractivity contribution in [2.45, 2.75) is 38.8 Å². The van der Waals surface area contributed by atoms with Crippen molar-refractivity contribution in [3.63, 3.8) is 0 Å². The van der Waals surface area contributed by atoms with Gasteiger partial charge in [-0.25, -0.2) is 4.98 Å². The van der Waals surface area contributed by atoms with Gasteiger partial charge in [0.25, 0.3) is 0 Å². The minimum Gasteiger partial charge on any atom is -0.365 e. The lowest BCUT2D eigenvalue weighted by Gasteiger charge is -2.34. The SMILES string of the molecule is CNc1nc(CN(C)CCN2CCCC[C@H]2C)cs1. The van der Waals surface area contributed by atoms with Gasteiger partial charge in [0.2, 0.25) is 0 Å². The van der Waals surface area contributed by atoms with Crippen molar-refractivity contribution in [3.8, 4) is 0 Å². The highest BCUT2D eigenvalue weighted by molar-refractivity contribution is 7.13. The van der Waals surface area contributed by atoms with E-state index in [0.717, 1.165) is 24.3 Å². The van der Waals surface area contributed by atoms with Crippen LogP contribution in [0.15, 0.2) is 5.38 Å². The first-order chi connectivity index (χ1) is 9.19. The van der Waals surface area contributed by atoms with E-state index < -0.39 is 0 Å². The summed E-state index contributed by atoms with van der Waals surface area (Å²) in [6.07, 6.45) is 4.13. The lowest BCUT2D eigenvalue weighted by atomic mass is 10.0. The molecule has 0 unspecified atom stereocenters. The second kappa shape index (κ2) is 7.22. The first-order valence-electron chi connectivity index (χ1n) is 7.24. The molecule has 0 bridgehead atoms. The maximum Gasteiger partial charge on any atom is 0.182 e. The summed E-state index contributed by atoms with van der Waals surface area (Å²) in [6.45, 7) is 6.88. The third-order valence-electron chi connectivity index (χ3n) is 3.91. The molecule has 19 heavy (non-hydrogen) atoms. The maximum absolute atomic E-state index is 4.53. The predicted octanol–water partition coefficient (Wildman–Crippen LogP) is 2.49. The summed E-state index contributed by atoms with van der Waals surface area (Å²) in [5, 5.41) is 6.24. The van der Waals surface area contributed by atoms with Crippen molar-refractivity contribution >= 4 is 16.5 Å². The van der Waals surface area contributed by atoms with Crippen LogP contribution in [0.4, 0.5) is 5.13 Å². The highest BCUT2D eigenvalue weighted by Crippen LogP contribution is 2.17. The molecule has 1 saturated heterocycles. The Kier molecular flexibility index (Phi) is 5.60. The molecule has 1 aromatic rings. The largest absolute Gasteiger partial charge is 0.365 e. The van der Waals surface area contributed by atoms with E-state index in [0.29, 0.717) is 0 Å². The van der Waals surface area contributed by atoms with Crippen molar-refractivity contribution in [3.05, 3.63) is 11.1 Å². The highest BCUT2D eigenvalue weighted by atomic mass is 32.1. The van der Waals surface area contributed by atoms with Gasteiger partial charge >= 0.3 is 0 Å². The van der Waals surface area contributed by atoms with Gasteiger partial charge < -0.3 is 5.32 Å². The standard InChI is InChI=1S/C14H26N4S/c1-12-6-4-5-7-18(12)9-8-17(3)10-13-11-19-14(15-2)16-13/h11-12H,4-10H2,1-3H3,(H,15,16)/t12-/m1/s1. The number of likely N-dealkylation sites (tertiary alicyclic amines) is 1. The van der Waals surface area contributed by atoms with Crippen LogP contribution in [0, 0.1) is 0 Å². The number of anilines is 1. The lowest BCUT2D eigenvalue weighted by molar-refractivity contribution is 0.140. The Labute approximate surface area is 120 Å². The molecule has 0 amide bonds. The van der Waals surface area contributed by atoms with Crippen molar-refractivity contribution in [2.75, 3.05) is 39.0 Å². The van der Waals surface area contributed by atoms with Crippen LogP contribution >= 0.6 is 11.3 Å². The zero-order valence-electron chi connectivity index (χ0n) is 12.4. The van der Waals surface area contributed by atoms with E-state index in [4.69, 9.17) is 0 Å². The summed E-state index contributed by atoms with van der Waals surface area (Å²) >= 11 is 1.68. The molecule has 1 aliphatic heterocycles. The smallest absolute Gasteiger partial charge is 0.182 e. The number of nitrogens with one attached hydrogen (secondary N) is 1. The minimum absolute atomic E-state index is 0.761. The third kappa shape index (κ3) is 4.44. The number of nitrogens with zero attached hydrogens (tertiary/aromatic N) is 3. The van der Waals surface area contributed by atoms with Gasteiger partial charge in [-0.3, -0.25) is 9.80 Å². The monoisotopic (exact) mass is 282 g/mol. The van der Waals surface area contributed by atoms with Crippen LogP contribution in [0.2, 0.25) is 0 Å². The number of hydrogen-bond donors (Lipinski definition) is 1. The molecule has 1 fully saturated rings. The van der Waals surface area contributed by atoms with Crippen molar-refractivity contribution in [1.82, 2.24) is 14.8 Å². The van der Waals surface area contributed by atoms with Crippen LogP contribution in [-0.4, -0.2) is 54.6 Å². The number of aromatic nitrogens is 1. The van der Waals surface area contributed by atoms with Crippen molar-refractivity contribution < 1.29 is 0 Å². The normalized spacial score (nSPS) is 20.9. The fourth-order valence-corrected chi connectivity index (χ4v) is 3.30. The van der Waals surface area contributed by atoms with Gasteiger partial charge in [-0.2, -0.15) is 0 Å². The summed E-state index contributed by atoms with van der Waals surface area (Å²) < 4.78 is 0. The average molecular weight is 282 g/mol. The first-order valence-corrected chi connectivity index (χ1v) is 8.11. The fourth-order valence-electron chi connectivity index (χ4n) is 2.64. The zero-order chi connectivity index (χ0) is 13.7. The van der Waals surface area contributed by atoms with Gasteiger partial charge in [-0.15, -0.1) is 11.3 Å². The second-order valence-electron chi connectivity index (χ2n) is 5.51. The van der Waals surface area contributed by atoms with Crippen LogP contribution in [0.5, 0.6) is 0 Å². The van der Waals surface area contributed by atoms with E-state index in [9.17, 15) is 0 Å². The minimum atomic E-state index is 0.761. The number of thiazole rings is 1. The van der Waals surface area contributed by atoms with Gasteiger partial charge in [0, 0.05) is 38.1 Å². The number of piperidine rings is 1. The van der Waals surface area contributed by atoms with Crippen molar-refractivity contribution in [1.29, 1.82) is 0 Å². The fraction of sp³-hybridized carbons (Fsp3) is 0.786. The second-order valence-corrected chi connectivity index (χ2v) is 6.37. The topological polar surface area (TPSA) is 31.4 Å². The van der Waals surface area contributed by atoms with Gasteiger partial charge in [-0.05, 0) is 33.4 Å². The molecule has 0 spiro atoms. The first kappa shape index (κ1) is 14.8. The molecule has 5 heteroatoms. The summed E-state index contributed by atoms with van der Waals surface area (Å²) in [4.78, 5) is 9.53. The molecule has 0 saturated carbocycles. The molecule has 108 valence electrons. The molecule has 1 aliphatic rings. The molecule has 2 heterocycles. The molecular formula is C14H26N4S. The molecule has 4 nitrogen and oxygen atoms in total. The van der Waals surface area contributed by atoms with E-state index in [1.165, 1.54) is 38.0 Å². The van der Waals surface area contributed by atoms with Gasteiger partial charge in [0.1, 0.15) is 0 Å². The van der Waals surface area contributed by atoms with E-state index in [-0.39, 0.29) is 0 Å². The Bertz CT molecular complexity index is 379. The average Bonchev–Trinajstić information content (AvgIpc) is 2.85. The Balaban J connectivity index is 1.73. The van der Waals surface area contributed by atoms with Crippen LogP contribution < -0.4 is 5.32 Å². The summed E-state index contributed by atoms with van der Waals surface area (Å²) in [7, 11) is 4.11. The molecule has 1 atom stereocenters. The quantitative estimate of drug-likeness (QED) is 0.868. The molecular weight excluding hydrogens is 256 g/mol. The third-order valence-corrected chi connectivity index (χ3v) is 4.82. The lowest BCUT2D eigenvalue weighted by Crippen LogP contribution is -2.41. The molecule has 1 aromatic heterocycles. The Morgan fingerprint density at radius 1 is 1.53 bits per heavy atom. The number of hydrogen-bond acceptors (Lipinski definition) is 5. The van der Waals surface area contributed by atoms with Crippen LogP contribution in [0.25, 0.3) is 0 Å². The highest BCUT2D eigenvalue weighted by Gasteiger charge is 2.18. The van der Waals surface area contributed by atoms with Crippen molar-refractivity contribution in [2.24, 2.45) is 0 Å².